The molecule has 11 heteroatoms. The molecule has 1 heterocycles. The Balaban J connectivity index is 2.75. The lowest BCUT2D eigenvalue weighted by Crippen LogP contribution is -2.13. The number of hydrogen-bond acceptors (Lipinski definition) is 4. The summed E-state index contributed by atoms with van der Waals surface area (Å²) in [5, 5.41) is -0.613. The highest BCUT2D eigenvalue weighted by Crippen LogP contribution is 2.42. The molecule has 0 bridgehead atoms. The Hall–Kier alpha value is -2.72. The smallest absolute Gasteiger partial charge is 0.417 e. The highest BCUT2D eigenvalue weighted by molar-refractivity contribution is 6.00. The summed E-state index contributed by atoms with van der Waals surface area (Å²) in [5.41, 5.74) is -4.31. The van der Waals surface area contributed by atoms with Crippen LogP contribution in [0.15, 0.2) is 12.1 Å². The summed E-state index contributed by atoms with van der Waals surface area (Å²) in [6, 6.07) is 0.472. The van der Waals surface area contributed by atoms with Gasteiger partial charge in [-0.25, -0.2) is 4.79 Å². The molecule has 0 fully saturated rings. The molecule has 0 atom stereocenters. The maximum atomic E-state index is 13.6. The Morgan fingerprint density at radius 2 is 1.59 bits per heavy atom. The topological polar surface area (TPSA) is 68.4 Å². The van der Waals surface area contributed by atoms with Crippen LogP contribution in [-0.2, 0) is 33.0 Å². The van der Waals surface area contributed by atoms with Crippen LogP contribution in [-0.4, -0.2) is 30.1 Å². The van der Waals surface area contributed by atoms with Gasteiger partial charge in [-0.05, 0) is 38.0 Å². The van der Waals surface area contributed by atoms with Crippen molar-refractivity contribution in [2.45, 2.75) is 39.0 Å². The van der Waals surface area contributed by atoms with Crippen molar-refractivity contribution >= 4 is 22.8 Å². The number of carbonyl (C=O) groups excluding carboxylic acids is 2. The fraction of sp³-hybridized carbons (Fsp3) is 0.444. The number of H-pyrrole nitrogens is 1. The summed E-state index contributed by atoms with van der Waals surface area (Å²) in [7, 11) is 0. The normalized spacial score (nSPS) is 12.3. The van der Waals surface area contributed by atoms with Crippen molar-refractivity contribution in [3.05, 3.63) is 34.5 Å². The van der Waals surface area contributed by atoms with Gasteiger partial charge >= 0.3 is 24.3 Å². The van der Waals surface area contributed by atoms with Crippen LogP contribution in [0, 0.1) is 0 Å². The second kappa shape index (κ2) is 8.34. The third kappa shape index (κ3) is 5.01. The van der Waals surface area contributed by atoms with Crippen LogP contribution in [0.25, 0.3) is 10.9 Å². The predicted molar refractivity (Wildman–Crippen MR) is 89.2 cm³/mol. The Labute approximate surface area is 161 Å². The molecule has 1 aromatic carbocycles. The molecule has 0 unspecified atom stereocenters. The first-order chi connectivity index (χ1) is 13.4. The van der Waals surface area contributed by atoms with Gasteiger partial charge in [-0.15, -0.1) is 0 Å². The molecule has 1 aromatic heterocycles. The molecular formula is C18H17F6NO4. The van der Waals surface area contributed by atoms with E-state index in [4.69, 9.17) is 9.47 Å². The quantitative estimate of drug-likeness (QED) is 0.529. The van der Waals surface area contributed by atoms with Gasteiger partial charge in [0.05, 0.1) is 24.3 Å². The highest BCUT2D eigenvalue weighted by Gasteiger charge is 2.40. The van der Waals surface area contributed by atoms with E-state index < -0.39 is 52.0 Å². The average molecular weight is 425 g/mol. The number of alkyl halides is 6. The van der Waals surface area contributed by atoms with Gasteiger partial charge < -0.3 is 14.5 Å². The number of fused-ring (bicyclic) bond motifs is 1. The van der Waals surface area contributed by atoms with Crippen LogP contribution < -0.4 is 0 Å². The third-order valence-corrected chi connectivity index (χ3v) is 4.00. The number of aromatic nitrogens is 1. The van der Waals surface area contributed by atoms with E-state index in [1.807, 2.05) is 0 Å². The molecule has 0 spiro atoms. The minimum Gasteiger partial charge on any atom is -0.466 e. The lowest BCUT2D eigenvalue weighted by Gasteiger charge is -2.14. The third-order valence-electron chi connectivity index (χ3n) is 4.00. The van der Waals surface area contributed by atoms with Crippen LogP contribution in [0.2, 0.25) is 0 Å². The molecule has 1 N–H and O–H groups in total. The van der Waals surface area contributed by atoms with Gasteiger partial charge in [0.25, 0.3) is 0 Å². The van der Waals surface area contributed by atoms with Gasteiger partial charge in [0.2, 0.25) is 0 Å². The Bertz CT molecular complexity index is 914. The molecule has 29 heavy (non-hydrogen) atoms. The number of nitrogens with one attached hydrogen (secondary N) is 1. The zero-order chi connectivity index (χ0) is 22.0. The first-order valence-electron chi connectivity index (χ1n) is 8.55. The molecule has 0 amide bonds. The van der Waals surface area contributed by atoms with Gasteiger partial charge in [-0.2, -0.15) is 26.3 Å². The SMILES string of the molecule is CCOC(=O)CCc1c(C(=O)OCC)[nH]c2cc(C(F)(F)F)cc(C(F)(F)F)c12. The van der Waals surface area contributed by atoms with E-state index in [0.717, 1.165) is 0 Å². The van der Waals surface area contributed by atoms with Gasteiger partial charge in [0.15, 0.2) is 0 Å². The number of hydrogen-bond donors (Lipinski definition) is 1. The first-order valence-corrected chi connectivity index (χ1v) is 8.55. The standard InChI is InChI=1S/C18H17F6NO4/c1-3-28-13(26)6-5-10-14-11(18(22,23)24)7-9(17(19,20)21)8-12(14)25-15(10)16(27)29-4-2/h7-8,25H,3-6H2,1-2H3. The molecule has 5 nitrogen and oxygen atoms in total. The molecule has 2 rings (SSSR count). The van der Waals surface area contributed by atoms with Crippen molar-refractivity contribution in [1.29, 1.82) is 0 Å². The lowest BCUT2D eigenvalue weighted by atomic mass is 9.98. The molecule has 0 saturated heterocycles. The molecule has 2 aromatic rings. The number of esters is 2. The largest absolute Gasteiger partial charge is 0.466 e. The first kappa shape index (κ1) is 22.6. The minimum absolute atomic E-state index is 0.0149. The van der Waals surface area contributed by atoms with Gasteiger partial charge in [0.1, 0.15) is 5.69 Å². The maximum Gasteiger partial charge on any atom is 0.417 e. The second-order valence-electron chi connectivity index (χ2n) is 5.95. The zero-order valence-corrected chi connectivity index (χ0v) is 15.4. The van der Waals surface area contributed by atoms with E-state index in [1.54, 1.807) is 0 Å². The summed E-state index contributed by atoms with van der Waals surface area (Å²) in [4.78, 5) is 26.1. The Morgan fingerprint density at radius 1 is 0.966 bits per heavy atom. The van der Waals surface area contributed by atoms with E-state index in [9.17, 15) is 35.9 Å². The molecule has 160 valence electrons. The van der Waals surface area contributed by atoms with Crippen LogP contribution in [0.5, 0.6) is 0 Å². The molecule has 0 aliphatic carbocycles. The van der Waals surface area contributed by atoms with E-state index in [2.05, 4.69) is 4.98 Å². The summed E-state index contributed by atoms with van der Waals surface area (Å²) < 4.78 is 89.4. The van der Waals surface area contributed by atoms with E-state index in [1.165, 1.54) is 13.8 Å². The number of halogens is 6. The summed E-state index contributed by atoms with van der Waals surface area (Å²) in [6.45, 7) is 2.93. The summed E-state index contributed by atoms with van der Waals surface area (Å²) in [5.74, 6) is -1.76. The van der Waals surface area contributed by atoms with Crippen LogP contribution in [0.3, 0.4) is 0 Å². The zero-order valence-electron chi connectivity index (χ0n) is 15.4. The number of benzene rings is 1. The maximum absolute atomic E-state index is 13.6. The predicted octanol–water partition coefficient (Wildman–Crippen LogP) is 4.88. The number of carbonyl (C=O) groups is 2. The highest BCUT2D eigenvalue weighted by atomic mass is 19.4. The summed E-state index contributed by atoms with van der Waals surface area (Å²) >= 11 is 0. The summed E-state index contributed by atoms with van der Waals surface area (Å²) in [6.07, 6.45) is -10.9. The van der Waals surface area contributed by atoms with Gasteiger partial charge in [-0.1, -0.05) is 0 Å². The van der Waals surface area contributed by atoms with Crippen molar-refractivity contribution in [1.82, 2.24) is 4.98 Å². The van der Waals surface area contributed by atoms with E-state index in [-0.39, 0.29) is 37.7 Å². The number of ether oxygens (including phenoxy) is 2. The lowest BCUT2D eigenvalue weighted by molar-refractivity contribution is -0.143. The van der Waals surface area contributed by atoms with Gasteiger partial charge in [0, 0.05) is 17.3 Å². The van der Waals surface area contributed by atoms with E-state index in [0.29, 0.717) is 6.07 Å². The second-order valence-corrected chi connectivity index (χ2v) is 5.95. The molecule has 0 saturated carbocycles. The molecular weight excluding hydrogens is 408 g/mol. The Kier molecular flexibility index (Phi) is 6.49. The van der Waals surface area contributed by atoms with Crippen molar-refractivity contribution in [3.8, 4) is 0 Å². The number of rotatable bonds is 6. The molecule has 0 radical (unpaired) electrons. The van der Waals surface area contributed by atoms with Crippen molar-refractivity contribution in [2.75, 3.05) is 13.2 Å². The minimum atomic E-state index is -5.13. The van der Waals surface area contributed by atoms with Crippen LogP contribution in [0.4, 0.5) is 26.3 Å². The van der Waals surface area contributed by atoms with Gasteiger partial charge in [-0.3, -0.25) is 4.79 Å². The Morgan fingerprint density at radius 3 is 2.10 bits per heavy atom. The molecule has 0 aliphatic heterocycles. The molecule has 0 aliphatic rings. The fourth-order valence-corrected chi connectivity index (χ4v) is 2.88. The number of aryl methyl sites for hydroxylation is 1. The number of aromatic amines is 1. The van der Waals surface area contributed by atoms with Crippen molar-refractivity contribution < 1.29 is 45.4 Å². The van der Waals surface area contributed by atoms with Crippen LogP contribution >= 0.6 is 0 Å². The van der Waals surface area contributed by atoms with Crippen molar-refractivity contribution in [3.63, 3.8) is 0 Å². The monoisotopic (exact) mass is 425 g/mol. The van der Waals surface area contributed by atoms with Crippen molar-refractivity contribution in [2.24, 2.45) is 0 Å². The van der Waals surface area contributed by atoms with Crippen LogP contribution in [0.1, 0.15) is 47.4 Å². The van der Waals surface area contributed by atoms with E-state index >= 15 is 0 Å². The average Bonchev–Trinajstić information content (AvgIpc) is 2.96. The fourth-order valence-electron chi connectivity index (χ4n) is 2.88.